The van der Waals surface area contributed by atoms with Crippen LogP contribution in [0.3, 0.4) is 0 Å². The zero-order valence-electron chi connectivity index (χ0n) is 15.9. The predicted octanol–water partition coefficient (Wildman–Crippen LogP) is 2.09. The summed E-state index contributed by atoms with van der Waals surface area (Å²) < 4.78 is 5.78. The van der Waals surface area contributed by atoms with Crippen molar-refractivity contribution in [1.82, 2.24) is 10.6 Å². The Morgan fingerprint density at radius 3 is 2.96 bits per heavy atom. The minimum Gasteiger partial charge on any atom is -0.373 e. The molecule has 3 rings (SSSR count). The van der Waals surface area contributed by atoms with E-state index >= 15 is 0 Å². The van der Waals surface area contributed by atoms with E-state index in [0.29, 0.717) is 6.42 Å². The summed E-state index contributed by atoms with van der Waals surface area (Å²) in [5.41, 5.74) is 2.25. The van der Waals surface area contributed by atoms with E-state index in [0.717, 1.165) is 63.6 Å². The molecular weight excluding hydrogens is 328 g/mol. The van der Waals surface area contributed by atoms with Gasteiger partial charge in [0, 0.05) is 45.4 Å². The first-order valence-corrected chi connectivity index (χ1v) is 9.58. The molecule has 1 fully saturated rings. The molecule has 142 valence electrons. The van der Waals surface area contributed by atoms with E-state index in [4.69, 9.17) is 4.74 Å². The number of anilines is 1. The van der Waals surface area contributed by atoms with Gasteiger partial charge in [0.25, 0.3) is 0 Å². The molecule has 6 nitrogen and oxygen atoms in total. The maximum atomic E-state index is 12.5. The SMILES string of the molecule is CN=C(NCCCC(=O)N1CCc2ccccc21)NCC1(C)CCCO1. The van der Waals surface area contributed by atoms with Crippen LogP contribution < -0.4 is 15.5 Å². The van der Waals surface area contributed by atoms with Crippen molar-refractivity contribution >= 4 is 17.6 Å². The van der Waals surface area contributed by atoms with Crippen LogP contribution in [0.5, 0.6) is 0 Å². The lowest BCUT2D eigenvalue weighted by atomic mass is 10.0. The molecule has 1 atom stereocenters. The summed E-state index contributed by atoms with van der Waals surface area (Å²) in [7, 11) is 1.76. The number of ether oxygens (including phenoxy) is 1. The largest absolute Gasteiger partial charge is 0.373 e. The highest BCUT2D eigenvalue weighted by Crippen LogP contribution is 2.28. The molecular formula is C20H30N4O2. The Bertz CT molecular complexity index is 653. The second-order valence-electron chi connectivity index (χ2n) is 7.28. The molecule has 2 N–H and O–H groups in total. The average molecular weight is 358 g/mol. The average Bonchev–Trinajstić information content (AvgIpc) is 3.27. The maximum absolute atomic E-state index is 12.5. The number of carbonyl (C=O) groups excluding carboxylic acids is 1. The number of para-hydroxylation sites is 1. The summed E-state index contributed by atoms with van der Waals surface area (Å²) in [6.45, 7) is 5.24. The topological polar surface area (TPSA) is 66.0 Å². The molecule has 0 saturated carbocycles. The van der Waals surface area contributed by atoms with Gasteiger partial charge < -0.3 is 20.3 Å². The van der Waals surface area contributed by atoms with Crippen molar-refractivity contribution in [3.05, 3.63) is 29.8 Å². The fourth-order valence-corrected chi connectivity index (χ4v) is 3.65. The Balaban J connectivity index is 1.37. The molecule has 0 aromatic heterocycles. The number of benzene rings is 1. The molecule has 0 spiro atoms. The number of carbonyl (C=O) groups is 1. The summed E-state index contributed by atoms with van der Waals surface area (Å²) in [6, 6.07) is 8.17. The summed E-state index contributed by atoms with van der Waals surface area (Å²) in [4.78, 5) is 18.7. The first-order chi connectivity index (χ1) is 12.6. The standard InChI is InChI=1S/C20H30N4O2/c1-20(11-6-14-26-20)15-23-19(21-2)22-12-5-9-18(25)24-13-10-16-7-3-4-8-17(16)24/h3-4,7-8H,5-6,9-15H2,1-2H3,(H2,21,22,23). The molecule has 6 heteroatoms. The van der Waals surface area contributed by atoms with Crippen LogP contribution in [0, 0.1) is 0 Å². The monoisotopic (exact) mass is 358 g/mol. The number of fused-ring (bicyclic) bond motifs is 1. The van der Waals surface area contributed by atoms with Crippen molar-refractivity contribution in [2.24, 2.45) is 4.99 Å². The van der Waals surface area contributed by atoms with Crippen LogP contribution in [0.25, 0.3) is 0 Å². The molecule has 0 radical (unpaired) electrons. The fraction of sp³-hybridized carbons (Fsp3) is 0.600. The van der Waals surface area contributed by atoms with Gasteiger partial charge in [-0.25, -0.2) is 0 Å². The third kappa shape index (κ3) is 4.55. The van der Waals surface area contributed by atoms with Gasteiger partial charge in [-0.2, -0.15) is 0 Å². The number of amides is 1. The van der Waals surface area contributed by atoms with Crippen molar-refractivity contribution in [1.29, 1.82) is 0 Å². The first-order valence-electron chi connectivity index (χ1n) is 9.58. The van der Waals surface area contributed by atoms with Gasteiger partial charge >= 0.3 is 0 Å². The van der Waals surface area contributed by atoms with Crippen LogP contribution in [0.15, 0.2) is 29.3 Å². The fourth-order valence-electron chi connectivity index (χ4n) is 3.65. The van der Waals surface area contributed by atoms with Gasteiger partial charge in [-0.3, -0.25) is 9.79 Å². The normalized spacial score (nSPS) is 22.4. The highest BCUT2D eigenvalue weighted by Gasteiger charge is 2.29. The zero-order valence-corrected chi connectivity index (χ0v) is 15.9. The van der Waals surface area contributed by atoms with Crippen molar-refractivity contribution in [3.8, 4) is 0 Å². The van der Waals surface area contributed by atoms with Crippen LogP contribution >= 0.6 is 0 Å². The van der Waals surface area contributed by atoms with Gasteiger partial charge in [0.2, 0.25) is 5.91 Å². The summed E-state index contributed by atoms with van der Waals surface area (Å²) in [5, 5.41) is 6.61. The third-order valence-corrected chi connectivity index (χ3v) is 5.20. The Morgan fingerprint density at radius 2 is 2.19 bits per heavy atom. The molecule has 1 unspecified atom stereocenters. The van der Waals surface area contributed by atoms with E-state index in [9.17, 15) is 4.79 Å². The molecule has 1 amide bonds. The second kappa shape index (κ2) is 8.54. The number of nitrogens with zero attached hydrogens (tertiary/aromatic N) is 2. The highest BCUT2D eigenvalue weighted by atomic mass is 16.5. The van der Waals surface area contributed by atoms with Crippen molar-refractivity contribution < 1.29 is 9.53 Å². The smallest absolute Gasteiger partial charge is 0.227 e. The Hall–Kier alpha value is -2.08. The summed E-state index contributed by atoms with van der Waals surface area (Å²) in [5.74, 6) is 0.965. The van der Waals surface area contributed by atoms with Crippen LogP contribution in [0.2, 0.25) is 0 Å². The number of aliphatic imine (C=N–C) groups is 1. The molecule has 26 heavy (non-hydrogen) atoms. The lowest BCUT2D eigenvalue weighted by Crippen LogP contribution is -2.45. The van der Waals surface area contributed by atoms with E-state index in [1.165, 1.54) is 5.56 Å². The van der Waals surface area contributed by atoms with Gasteiger partial charge in [-0.15, -0.1) is 0 Å². The minimum absolute atomic E-state index is 0.100. The van der Waals surface area contributed by atoms with E-state index in [2.05, 4.69) is 28.6 Å². The summed E-state index contributed by atoms with van der Waals surface area (Å²) >= 11 is 0. The van der Waals surface area contributed by atoms with E-state index in [-0.39, 0.29) is 11.5 Å². The first kappa shape index (κ1) is 18.7. The molecule has 2 aliphatic rings. The number of guanidine groups is 1. The van der Waals surface area contributed by atoms with E-state index in [1.807, 2.05) is 23.1 Å². The maximum Gasteiger partial charge on any atom is 0.227 e. The zero-order chi connectivity index (χ0) is 18.4. The van der Waals surface area contributed by atoms with Crippen molar-refractivity contribution in [3.63, 3.8) is 0 Å². The van der Waals surface area contributed by atoms with Crippen molar-refractivity contribution in [2.45, 2.75) is 44.6 Å². The van der Waals surface area contributed by atoms with Crippen molar-refractivity contribution in [2.75, 3.05) is 38.2 Å². The molecule has 2 aliphatic heterocycles. The molecule has 0 bridgehead atoms. The number of hydrogen-bond acceptors (Lipinski definition) is 3. The van der Waals surface area contributed by atoms with E-state index in [1.54, 1.807) is 7.05 Å². The predicted molar refractivity (Wildman–Crippen MR) is 105 cm³/mol. The van der Waals surface area contributed by atoms with Gasteiger partial charge in [0.05, 0.1) is 5.60 Å². The van der Waals surface area contributed by atoms with Gasteiger partial charge in [-0.05, 0) is 44.2 Å². The molecule has 1 aromatic rings. The molecule has 1 saturated heterocycles. The van der Waals surface area contributed by atoms with Crippen LogP contribution in [0.4, 0.5) is 5.69 Å². The number of rotatable bonds is 6. The second-order valence-corrected chi connectivity index (χ2v) is 7.28. The van der Waals surface area contributed by atoms with Gasteiger partial charge in [-0.1, -0.05) is 18.2 Å². The molecule has 2 heterocycles. The quantitative estimate of drug-likeness (QED) is 0.464. The van der Waals surface area contributed by atoms with E-state index < -0.39 is 0 Å². The molecule has 1 aromatic carbocycles. The third-order valence-electron chi connectivity index (χ3n) is 5.20. The van der Waals surface area contributed by atoms with Gasteiger partial charge in [0.15, 0.2) is 5.96 Å². The minimum atomic E-state index is -0.100. The summed E-state index contributed by atoms with van der Waals surface area (Å²) in [6.07, 6.45) is 4.47. The van der Waals surface area contributed by atoms with Crippen LogP contribution in [-0.2, 0) is 16.0 Å². The lowest BCUT2D eigenvalue weighted by Gasteiger charge is -2.24. The Morgan fingerprint density at radius 1 is 1.35 bits per heavy atom. The Labute approximate surface area is 156 Å². The molecule has 0 aliphatic carbocycles. The van der Waals surface area contributed by atoms with Crippen LogP contribution in [-0.4, -0.2) is 50.8 Å². The van der Waals surface area contributed by atoms with Crippen LogP contribution in [0.1, 0.15) is 38.2 Å². The Kier molecular flexibility index (Phi) is 6.14. The highest BCUT2D eigenvalue weighted by molar-refractivity contribution is 5.95. The number of nitrogens with one attached hydrogen (secondary N) is 2. The number of hydrogen-bond donors (Lipinski definition) is 2. The van der Waals surface area contributed by atoms with Gasteiger partial charge in [0.1, 0.15) is 0 Å². The lowest BCUT2D eigenvalue weighted by molar-refractivity contribution is -0.118.